The number of allylic oxidation sites excluding steroid dienone is 1. The van der Waals surface area contributed by atoms with Gasteiger partial charge in [0.05, 0.1) is 0 Å². The molecule has 15 heavy (non-hydrogen) atoms. The van der Waals surface area contributed by atoms with Gasteiger partial charge in [0, 0.05) is 0 Å². The SMILES string of the molecule is C=CCCCCCNC(C(=O)O)C1CC1. The summed E-state index contributed by atoms with van der Waals surface area (Å²) < 4.78 is 0. The van der Waals surface area contributed by atoms with Crippen LogP contribution in [0.3, 0.4) is 0 Å². The molecule has 1 fully saturated rings. The van der Waals surface area contributed by atoms with Crippen molar-refractivity contribution in [2.75, 3.05) is 6.54 Å². The van der Waals surface area contributed by atoms with Crippen LogP contribution in [0.2, 0.25) is 0 Å². The zero-order valence-electron chi connectivity index (χ0n) is 9.24. The van der Waals surface area contributed by atoms with Crippen LogP contribution in [0.5, 0.6) is 0 Å². The van der Waals surface area contributed by atoms with E-state index in [9.17, 15) is 4.79 Å². The Morgan fingerprint density at radius 1 is 1.47 bits per heavy atom. The van der Waals surface area contributed by atoms with Gasteiger partial charge in [-0.3, -0.25) is 4.79 Å². The Hall–Kier alpha value is -0.830. The van der Waals surface area contributed by atoms with Crippen molar-refractivity contribution in [1.82, 2.24) is 5.32 Å². The van der Waals surface area contributed by atoms with E-state index < -0.39 is 5.97 Å². The van der Waals surface area contributed by atoms with Crippen molar-refractivity contribution in [3.63, 3.8) is 0 Å². The third kappa shape index (κ3) is 4.98. The van der Waals surface area contributed by atoms with E-state index in [-0.39, 0.29) is 6.04 Å². The maximum atomic E-state index is 10.9. The second-order valence-electron chi connectivity index (χ2n) is 4.25. The first-order chi connectivity index (χ1) is 7.25. The molecule has 1 rings (SSSR count). The van der Waals surface area contributed by atoms with Crippen molar-refractivity contribution in [2.24, 2.45) is 5.92 Å². The second-order valence-corrected chi connectivity index (χ2v) is 4.25. The lowest BCUT2D eigenvalue weighted by Crippen LogP contribution is -2.39. The lowest BCUT2D eigenvalue weighted by Gasteiger charge is -2.12. The van der Waals surface area contributed by atoms with Crippen LogP contribution < -0.4 is 5.32 Å². The lowest BCUT2D eigenvalue weighted by atomic mass is 10.1. The Bertz CT molecular complexity index is 212. The van der Waals surface area contributed by atoms with E-state index in [2.05, 4.69) is 11.9 Å². The molecule has 1 unspecified atom stereocenters. The Balaban J connectivity index is 2.01. The second kappa shape index (κ2) is 6.62. The van der Waals surface area contributed by atoms with E-state index in [0.717, 1.165) is 45.1 Å². The standard InChI is InChI=1S/C12H21NO2/c1-2-3-4-5-6-9-13-11(12(14)15)10-7-8-10/h2,10-11,13H,1,3-9H2,(H,14,15). The van der Waals surface area contributed by atoms with Crippen molar-refractivity contribution in [3.05, 3.63) is 12.7 Å². The molecule has 0 radical (unpaired) electrons. The summed E-state index contributed by atoms with van der Waals surface area (Å²) in [5.41, 5.74) is 0. The molecule has 86 valence electrons. The molecule has 0 bridgehead atoms. The number of hydrogen-bond donors (Lipinski definition) is 2. The summed E-state index contributed by atoms with van der Waals surface area (Å²) in [6.45, 7) is 4.49. The molecular weight excluding hydrogens is 190 g/mol. The molecule has 3 heteroatoms. The van der Waals surface area contributed by atoms with Crippen LogP contribution in [0, 0.1) is 5.92 Å². The highest BCUT2D eigenvalue weighted by atomic mass is 16.4. The fourth-order valence-electron chi connectivity index (χ4n) is 1.73. The molecule has 1 saturated carbocycles. The molecule has 0 amide bonds. The zero-order valence-corrected chi connectivity index (χ0v) is 9.24. The van der Waals surface area contributed by atoms with E-state index in [4.69, 9.17) is 5.11 Å². The van der Waals surface area contributed by atoms with E-state index in [1.54, 1.807) is 0 Å². The monoisotopic (exact) mass is 211 g/mol. The van der Waals surface area contributed by atoms with Crippen LogP contribution >= 0.6 is 0 Å². The Kier molecular flexibility index (Phi) is 5.40. The molecule has 0 spiro atoms. The molecule has 1 aliphatic carbocycles. The molecule has 3 nitrogen and oxygen atoms in total. The third-order valence-electron chi connectivity index (χ3n) is 2.81. The number of carbonyl (C=O) groups is 1. The molecule has 0 aromatic carbocycles. The zero-order chi connectivity index (χ0) is 11.1. The van der Waals surface area contributed by atoms with Gasteiger partial charge in [-0.1, -0.05) is 12.5 Å². The van der Waals surface area contributed by atoms with Crippen LogP contribution in [0.4, 0.5) is 0 Å². The van der Waals surface area contributed by atoms with Gasteiger partial charge >= 0.3 is 5.97 Å². The average molecular weight is 211 g/mol. The molecule has 0 saturated heterocycles. The Morgan fingerprint density at radius 2 is 2.20 bits per heavy atom. The number of aliphatic carboxylic acids is 1. The average Bonchev–Trinajstić information content (AvgIpc) is 3.00. The number of carboxylic acid groups (broad SMARTS) is 1. The first-order valence-electron chi connectivity index (χ1n) is 5.82. The summed E-state index contributed by atoms with van der Waals surface area (Å²) in [6.07, 6.45) is 8.50. The van der Waals surface area contributed by atoms with Gasteiger partial charge in [-0.15, -0.1) is 6.58 Å². The number of carboxylic acids is 1. The molecule has 0 aromatic heterocycles. The van der Waals surface area contributed by atoms with Crippen molar-refractivity contribution in [3.8, 4) is 0 Å². The summed E-state index contributed by atoms with van der Waals surface area (Å²) in [5, 5.41) is 12.1. The highest BCUT2D eigenvalue weighted by molar-refractivity contribution is 5.74. The largest absolute Gasteiger partial charge is 0.480 e. The van der Waals surface area contributed by atoms with Gasteiger partial charge in [-0.25, -0.2) is 0 Å². The van der Waals surface area contributed by atoms with Gasteiger partial charge in [0.15, 0.2) is 0 Å². The van der Waals surface area contributed by atoms with Crippen LogP contribution in [-0.4, -0.2) is 23.7 Å². The molecule has 1 aliphatic rings. The molecule has 0 aromatic rings. The summed E-state index contributed by atoms with van der Waals surface area (Å²) in [4.78, 5) is 10.9. The highest BCUT2D eigenvalue weighted by Crippen LogP contribution is 2.32. The fourth-order valence-corrected chi connectivity index (χ4v) is 1.73. The van der Waals surface area contributed by atoms with Crippen LogP contribution in [0.25, 0.3) is 0 Å². The molecule has 2 N–H and O–H groups in total. The minimum Gasteiger partial charge on any atom is -0.480 e. The highest BCUT2D eigenvalue weighted by Gasteiger charge is 2.35. The molecular formula is C12H21NO2. The van der Waals surface area contributed by atoms with Crippen molar-refractivity contribution in [1.29, 1.82) is 0 Å². The predicted octanol–water partition coefficient (Wildman–Crippen LogP) is 2.19. The summed E-state index contributed by atoms with van der Waals surface area (Å²) in [7, 11) is 0. The van der Waals surface area contributed by atoms with Crippen molar-refractivity contribution >= 4 is 5.97 Å². The number of rotatable bonds is 9. The molecule has 0 aliphatic heterocycles. The van der Waals surface area contributed by atoms with Crippen molar-refractivity contribution in [2.45, 2.75) is 44.6 Å². The van der Waals surface area contributed by atoms with Gasteiger partial charge in [0.2, 0.25) is 0 Å². The normalized spacial score (nSPS) is 17.3. The lowest BCUT2D eigenvalue weighted by molar-refractivity contribution is -0.140. The van der Waals surface area contributed by atoms with Gasteiger partial charge in [-0.2, -0.15) is 0 Å². The Morgan fingerprint density at radius 3 is 2.73 bits per heavy atom. The Labute approximate surface area is 91.6 Å². The quantitative estimate of drug-likeness (QED) is 0.454. The predicted molar refractivity (Wildman–Crippen MR) is 60.8 cm³/mol. The van der Waals surface area contributed by atoms with Gasteiger partial charge in [0.1, 0.15) is 6.04 Å². The topological polar surface area (TPSA) is 49.3 Å². The van der Waals surface area contributed by atoms with Gasteiger partial charge in [-0.05, 0) is 44.6 Å². The van der Waals surface area contributed by atoms with Crippen molar-refractivity contribution < 1.29 is 9.90 Å². The van der Waals surface area contributed by atoms with Gasteiger partial charge in [0.25, 0.3) is 0 Å². The summed E-state index contributed by atoms with van der Waals surface area (Å²) in [6, 6.07) is -0.301. The molecule has 0 heterocycles. The third-order valence-corrected chi connectivity index (χ3v) is 2.81. The van der Waals surface area contributed by atoms with Crippen LogP contribution in [0.1, 0.15) is 38.5 Å². The van der Waals surface area contributed by atoms with E-state index >= 15 is 0 Å². The summed E-state index contributed by atoms with van der Waals surface area (Å²) in [5.74, 6) is -0.306. The first kappa shape index (κ1) is 12.2. The maximum Gasteiger partial charge on any atom is 0.320 e. The van der Waals surface area contributed by atoms with E-state index in [1.165, 1.54) is 0 Å². The summed E-state index contributed by atoms with van der Waals surface area (Å²) >= 11 is 0. The van der Waals surface area contributed by atoms with Crippen LogP contribution in [0.15, 0.2) is 12.7 Å². The number of hydrogen-bond acceptors (Lipinski definition) is 2. The minimum atomic E-state index is -0.691. The van der Waals surface area contributed by atoms with Crippen LogP contribution in [-0.2, 0) is 4.79 Å². The van der Waals surface area contributed by atoms with E-state index in [0.29, 0.717) is 5.92 Å². The fraction of sp³-hybridized carbons (Fsp3) is 0.750. The smallest absolute Gasteiger partial charge is 0.320 e. The number of nitrogens with one attached hydrogen (secondary N) is 1. The maximum absolute atomic E-state index is 10.9. The first-order valence-corrected chi connectivity index (χ1v) is 5.82. The van der Waals surface area contributed by atoms with Gasteiger partial charge < -0.3 is 10.4 Å². The molecule has 1 atom stereocenters. The minimum absolute atomic E-state index is 0.301. The van der Waals surface area contributed by atoms with E-state index in [1.807, 2.05) is 6.08 Å². The number of unbranched alkanes of at least 4 members (excludes halogenated alkanes) is 3.